The Kier molecular flexibility index (Phi) is 3.29. The lowest BCUT2D eigenvalue weighted by Crippen LogP contribution is -1.93. The lowest BCUT2D eigenvalue weighted by molar-refractivity contribution is 0.714. The summed E-state index contributed by atoms with van der Waals surface area (Å²) in [4.78, 5) is 13.1. The Balaban J connectivity index is 2.28. The predicted molar refractivity (Wildman–Crippen MR) is 66.6 cm³/mol. The summed E-state index contributed by atoms with van der Waals surface area (Å²) in [5.74, 6) is 1.24. The fraction of sp³-hybridized carbons (Fsp3) is 0.417. The van der Waals surface area contributed by atoms with Gasteiger partial charge in [-0.25, -0.2) is 15.0 Å². The van der Waals surface area contributed by atoms with Gasteiger partial charge in [0.05, 0.1) is 5.69 Å². The normalized spacial score (nSPS) is 12.7. The standard InChI is InChI=1S/C12H15N3S/c1-4-9(3)10-7-16-12(15-10)11-13-5-8(2)6-14-11/h5-7,9H,4H2,1-3H3. The van der Waals surface area contributed by atoms with Gasteiger partial charge in [0, 0.05) is 17.8 Å². The van der Waals surface area contributed by atoms with Crippen molar-refractivity contribution in [3.8, 4) is 10.8 Å². The molecule has 0 radical (unpaired) electrons. The van der Waals surface area contributed by atoms with E-state index in [1.807, 2.05) is 19.3 Å². The Labute approximate surface area is 99.6 Å². The third-order valence-corrected chi connectivity index (χ3v) is 3.47. The molecule has 0 aliphatic carbocycles. The predicted octanol–water partition coefficient (Wildman–Crippen LogP) is 3.42. The first kappa shape index (κ1) is 11.2. The van der Waals surface area contributed by atoms with Crippen molar-refractivity contribution < 1.29 is 0 Å². The molecule has 0 aromatic carbocycles. The Morgan fingerprint density at radius 1 is 1.31 bits per heavy atom. The second-order valence-electron chi connectivity index (χ2n) is 3.97. The van der Waals surface area contributed by atoms with Crippen LogP contribution < -0.4 is 0 Å². The SMILES string of the molecule is CCC(C)c1csc(-c2ncc(C)cn2)n1. The van der Waals surface area contributed by atoms with Crippen LogP contribution in [0.15, 0.2) is 17.8 Å². The maximum absolute atomic E-state index is 4.57. The van der Waals surface area contributed by atoms with E-state index < -0.39 is 0 Å². The highest BCUT2D eigenvalue weighted by Gasteiger charge is 2.10. The number of hydrogen-bond acceptors (Lipinski definition) is 4. The molecule has 2 rings (SSSR count). The van der Waals surface area contributed by atoms with Crippen LogP contribution in [0.2, 0.25) is 0 Å². The summed E-state index contributed by atoms with van der Waals surface area (Å²) in [7, 11) is 0. The van der Waals surface area contributed by atoms with E-state index in [1.54, 1.807) is 11.3 Å². The van der Waals surface area contributed by atoms with Crippen molar-refractivity contribution in [3.63, 3.8) is 0 Å². The fourth-order valence-corrected chi connectivity index (χ4v) is 2.21. The summed E-state index contributed by atoms with van der Waals surface area (Å²) < 4.78 is 0. The van der Waals surface area contributed by atoms with Crippen LogP contribution in [-0.4, -0.2) is 15.0 Å². The van der Waals surface area contributed by atoms with Crippen LogP contribution in [0, 0.1) is 6.92 Å². The molecule has 0 fully saturated rings. The van der Waals surface area contributed by atoms with Crippen molar-refractivity contribution in [2.75, 3.05) is 0 Å². The van der Waals surface area contributed by atoms with Gasteiger partial charge in [0.1, 0.15) is 0 Å². The number of thiazole rings is 1. The molecule has 0 saturated heterocycles. The largest absolute Gasteiger partial charge is 0.237 e. The molecule has 0 spiro atoms. The molecule has 3 nitrogen and oxygen atoms in total. The molecule has 1 unspecified atom stereocenters. The van der Waals surface area contributed by atoms with Crippen LogP contribution in [0.4, 0.5) is 0 Å². The summed E-state index contributed by atoms with van der Waals surface area (Å²) in [5, 5.41) is 3.02. The average molecular weight is 233 g/mol. The Hall–Kier alpha value is -1.29. The van der Waals surface area contributed by atoms with Gasteiger partial charge in [-0.05, 0) is 24.8 Å². The van der Waals surface area contributed by atoms with Crippen molar-refractivity contribution >= 4 is 11.3 Å². The number of nitrogens with zero attached hydrogens (tertiary/aromatic N) is 3. The van der Waals surface area contributed by atoms with Crippen molar-refractivity contribution in [1.29, 1.82) is 0 Å². The van der Waals surface area contributed by atoms with E-state index in [0.717, 1.165) is 28.5 Å². The number of rotatable bonds is 3. The minimum Gasteiger partial charge on any atom is -0.237 e. The lowest BCUT2D eigenvalue weighted by Gasteiger charge is -2.02. The van der Waals surface area contributed by atoms with Crippen molar-refractivity contribution in [1.82, 2.24) is 15.0 Å². The quantitative estimate of drug-likeness (QED) is 0.815. The van der Waals surface area contributed by atoms with Crippen LogP contribution >= 0.6 is 11.3 Å². The first-order valence-electron chi connectivity index (χ1n) is 5.45. The first-order chi connectivity index (χ1) is 7.70. The van der Waals surface area contributed by atoms with E-state index in [4.69, 9.17) is 0 Å². The smallest absolute Gasteiger partial charge is 0.188 e. The second-order valence-corrected chi connectivity index (χ2v) is 4.83. The highest BCUT2D eigenvalue weighted by atomic mass is 32.1. The molecule has 2 heterocycles. The van der Waals surface area contributed by atoms with Gasteiger partial charge in [-0.2, -0.15) is 0 Å². The van der Waals surface area contributed by atoms with E-state index in [9.17, 15) is 0 Å². The van der Waals surface area contributed by atoms with Crippen LogP contribution in [0.25, 0.3) is 10.8 Å². The first-order valence-corrected chi connectivity index (χ1v) is 6.33. The number of hydrogen-bond donors (Lipinski definition) is 0. The summed E-state index contributed by atoms with van der Waals surface area (Å²) in [6.07, 6.45) is 4.76. The van der Waals surface area contributed by atoms with E-state index in [0.29, 0.717) is 5.92 Å². The number of aryl methyl sites for hydroxylation is 1. The van der Waals surface area contributed by atoms with Crippen LogP contribution in [0.5, 0.6) is 0 Å². The summed E-state index contributed by atoms with van der Waals surface area (Å²) in [5.41, 5.74) is 2.22. The monoisotopic (exact) mass is 233 g/mol. The van der Waals surface area contributed by atoms with Crippen LogP contribution in [0.1, 0.15) is 37.4 Å². The van der Waals surface area contributed by atoms with E-state index >= 15 is 0 Å². The molecule has 4 heteroatoms. The molecule has 0 saturated carbocycles. The molecular formula is C12H15N3S. The third-order valence-electron chi connectivity index (χ3n) is 2.61. The van der Waals surface area contributed by atoms with Crippen LogP contribution in [0.3, 0.4) is 0 Å². The molecule has 1 atom stereocenters. The molecule has 16 heavy (non-hydrogen) atoms. The van der Waals surface area contributed by atoms with Gasteiger partial charge in [0.2, 0.25) is 0 Å². The Morgan fingerprint density at radius 3 is 2.62 bits per heavy atom. The molecule has 2 aromatic heterocycles. The van der Waals surface area contributed by atoms with Gasteiger partial charge in [0.15, 0.2) is 10.8 Å². The number of aromatic nitrogens is 3. The van der Waals surface area contributed by atoms with Crippen LogP contribution in [-0.2, 0) is 0 Å². The van der Waals surface area contributed by atoms with Gasteiger partial charge in [-0.1, -0.05) is 13.8 Å². The third kappa shape index (κ3) is 2.27. The van der Waals surface area contributed by atoms with E-state index in [1.165, 1.54) is 0 Å². The van der Waals surface area contributed by atoms with Gasteiger partial charge in [-0.3, -0.25) is 0 Å². The zero-order valence-electron chi connectivity index (χ0n) is 9.77. The maximum Gasteiger partial charge on any atom is 0.188 e. The molecular weight excluding hydrogens is 218 g/mol. The minimum absolute atomic E-state index is 0.510. The highest BCUT2D eigenvalue weighted by molar-refractivity contribution is 7.13. The summed E-state index contributed by atoms with van der Waals surface area (Å²) >= 11 is 1.62. The van der Waals surface area contributed by atoms with Crippen molar-refractivity contribution in [2.45, 2.75) is 33.1 Å². The van der Waals surface area contributed by atoms with Crippen molar-refractivity contribution in [3.05, 3.63) is 29.0 Å². The second kappa shape index (κ2) is 4.70. The summed E-state index contributed by atoms with van der Waals surface area (Å²) in [6, 6.07) is 0. The highest BCUT2D eigenvalue weighted by Crippen LogP contribution is 2.25. The van der Waals surface area contributed by atoms with E-state index in [2.05, 4.69) is 34.2 Å². The lowest BCUT2D eigenvalue weighted by atomic mass is 10.1. The zero-order valence-corrected chi connectivity index (χ0v) is 10.6. The Morgan fingerprint density at radius 2 is 2.00 bits per heavy atom. The van der Waals surface area contributed by atoms with Gasteiger partial charge in [0.25, 0.3) is 0 Å². The molecule has 84 valence electrons. The molecule has 0 aliphatic rings. The molecule has 0 amide bonds. The van der Waals surface area contributed by atoms with Gasteiger partial charge >= 0.3 is 0 Å². The van der Waals surface area contributed by atoms with Crippen molar-refractivity contribution in [2.24, 2.45) is 0 Å². The minimum atomic E-state index is 0.510. The molecule has 2 aromatic rings. The average Bonchev–Trinajstić information content (AvgIpc) is 2.78. The van der Waals surface area contributed by atoms with Gasteiger partial charge < -0.3 is 0 Å². The maximum atomic E-state index is 4.57. The van der Waals surface area contributed by atoms with Gasteiger partial charge in [-0.15, -0.1) is 11.3 Å². The fourth-order valence-electron chi connectivity index (χ4n) is 1.33. The zero-order chi connectivity index (χ0) is 11.5. The topological polar surface area (TPSA) is 38.7 Å². The summed E-state index contributed by atoms with van der Waals surface area (Å²) in [6.45, 7) is 6.34. The molecule has 0 aliphatic heterocycles. The van der Waals surface area contributed by atoms with E-state index in [-0.39, 0.29) is 0 Å². The molecule has 0 N–H and O–H groups in total. The Bertz CT molecular complexity index is 461. The molecule has 0 bridgehead atoms.